The molecular weight excluding hydrogens is 592 g/mol. The van der Waals surface area contributed by atoms with Gasteiger partial charge in [0.05, 0.1) is 23.1 Å². The van der Waals surface area contributed by atoms with E-state index in [0.29, 0.717) is 28.5 Å². The fourth-order valence-electron chi connectivity index (χ4n) is 5.48. The van der Waals surface area contributed by atoms with Gasteiger partial charge in [-0.3, -0.25) is 10.2 Å². The second kappa shape index (κ2) is 12.4. The Morgan fingerprint density at radius 2 is 1.19 bits per heavy atom. The van der Waals surface area contributed by atoms with E-state index in [4.69, 9.17) is 4.42 Å². The minimum atomic E-state index is 0.0971. The summed E-state index contributed by atoms with van der Waals surface area (Å²) in [6, 6.07) is 29.0. The summed E-state index contributed by atoms with van der Waals surface area (Å²) in [4.78, 5) is 14.7. The number of furan rings is 1. The number of aromatic hydroxyl groups is 2. The van der Waals surface area contributed by atoms with Crippen molar-refractivity contribution in [2.75, 3.05) is 0 Å². The zero-order chi connectivity index (χ0) is 32.3. The van der Waals surface area contributed by atoms with Crippen LogP contribution in [0.1, 0.15) is 22.3 Å². The van der Waals surface area contributed by atoms with Gasteiger partial charge < -0.3 is 24.6 Å². The van der Waals surface area contributed by atoms with Gasteiger partial charge in [0.25, 0.3) is 0 Å². The van der Waals surface area contributed by atoms with Crippen molar-refractivity contribution in [1.29, 1.82) is 0 Å². The summed E-state index contributed by atoms with van der Waals surface area (Å²) in [6.07, 6.45) is 4.86. The predicted molar refractivity (Wildman–Crippen MR) is 184 cm³/mol. The summed E-state index contributed by atoms with van der Waals surface area (Å²) < 4.78 is 5.31. The third-order valence-electron chi connectivity index (χ3n) is 7.75. The van der Waals surface area contributed by atoms with Crippen LogP contribution in [0.3, 0.4) is 0 Å². The molecule has 5 heterocycles. The second-order valence-corrected chi connectivity index (χ2v) is 10.9. The minimum Gasteiger partial charge on any atom is -0.494 e. The van der Waals surface area contributed by atoms with E-state index < -0.39 is 0 Å². The molecule has 0 radical (unpaired) electrons. The average molecular weight is 623 g/mol. The van der Waals surface area contributed by atoms with Gasteiger partial charge in [0.2, 0.25) is 0 Å². The number of rotatable bonds is 6. The first-order chi connectivity index (χ1) is 22.9. The smallest absolute Gasteiger partial charge is 0.198 e. The highest BCUT2D eigenvalue weighted by Crippen LogP contribution is 2.30. The Labute approximate surface area is 268 Å². The normalized spacial score (nSPS) is 11.6. The number of nitrogens with zero attached hydrogens (tertiary/aromatic N) is 4. The summed E-state index contributed by atoms with van der Waals surface area (Å²) in [5.74, 6) is 1.99. The molecule has 232 valence electrons. The number of aromatic nitrogens is 6. The van der Waals surface area contributed by atoms with Gasteiger partial charge in [-0.05, 0) is 54.8 Å². The number of aliphatic imine (C=N–C) groups is 2. The van der Waals surface area contributed by atoms with E-state index in [9.17, 15) is 10.2 Å². The average Bonchev–Trinajstić information content (AvgIpc) is 3.91. The highest BCUT2D eigenvalue weighted by Gasteiger charge is 2.13. The van der Waals surface area contributed by atoms with Crippen molar-refractivity contribution in [3.05, 3.63) is 120 Å². The summed E-state index contributed by atoms with van der Waals surface area (Å²) in [7, 11) is 0. The Hall–Kier alpha value is -6.62. The van der Waals surface area contributed by atoms with Gasteiger partial charge in [0.1, 0.15) is 5.69 Å². The summed E-state index contributed by atoms with van der Waals surface area (Å²) in [6.45, 7) is 4.01. The third kappa shape index (κ3) is 5.92. The summed E-state index contributed by atoms with van der Waals surface area (Å²) in [5.41, 5.74) is 7.95. The summed E-state index contributed by atoms with van der Waals surface area (Å²) >= 11 is 0. The van der Waals surface area contributed by atoms with Gasteiger partial charge >= 0.3 is 0 Å². The fourth-order valence-corrected chi connectivity index (χ4v) is 5.48. The number of aryl methyl sites for hydroxylation is 2. The van der Waals surface area contributed by atoms with Gasteiger partial charge in [0, 0.05) is 46.4 Å². The van der Waals surface area contributed by atoms with E-state index in [1.54, 1.807) is 24.8 Å². The van der Waals surface area contributed by atoms with Crippen molar-refractivity contribution < 1.29 is 14.6 Å². The van der Waals surface area contributed by atoms with E-state index in [1.165, 1.54) is 0 Å². The van der Waals surface area contributed by atoms with Crippen LogP contribution in [0.2, 0.25) is 0 Å². The molecule has 0 aliphatic rings. The highest BCUT2D eigenvalue weighted by molar-refractivity contribution is 6.05. The number of nitrogens with one attached hydrogen (secondary N) is 4. The van der Waals surface area contributed by atoms with Crippen LogP contribution in [0.4, 0.5) is 11.6 Å². The van der Waals surface area contributed by atoms with E-state index in [-0.39, 0.29) is 11.8 Å². The number of fused-ring (bicyclic) bond motifs is 2. The zero-order valence-corrected chi connectivity index (χ0v) is 25.5. The number of aromatic amines is 4. The molecule has 3 aromatic carbocycles. The maximum Gasteiger partial charge on any atom is 0.198 e. The maximum atomic E-state index is 10.1. The quantitative estimate of drug-likeness (QED) is 0.103. The van der Waals surface area contributed by atoms with Crippen molar-refractivity contribution in [3.63, 3.8) is 0 Å². The fraction of sp³-hybridized carbons (Fsp3) is 0.0556. The molecule has 0 saturated carbocycles. The van der Waals surface area contributed by atoms with Crippen molar-refractivity contribution in [1.82, 2.24) is 30.4 Å². The lowest BCUT2D eigenvalue weighted by molar-refractivity contribution is 0.457. The van der Waals surface area contributed by atoms with E-state index >= 15 is 0 Å². The second-order valence-electron chi connectivity index (χ2n) is 10.9. The molecule has 0 unspecified atom stereocenters. The number of benzene rings is 3. The Kier molecular flexibility index (Phi) is 7.68. The Morgan fingerprint density at radius 1 is 0.638 bits per heavy atom. The molecule has 8 rings (SSSR count). The predicted octanol–water partition coefficient (Wildman–Crippen LogP) is 8.24. The molecule has 0 atom stereocenters. The molecule has 0 saturated heterocycles. The minimum absolute atomic E-state index is 0.0971. The van der Waals surface area contributed by atoms with Crippen molar-refractivity contribution in [2.45, 2.75) is 13.8 Å². The molecule has 8 aromatic rings. The lowest BCUT2D eigenvalue weighted by Gasteiger charge is -1.96. The Bertz CT molecular complexity index is 2360. The van der Waals surface area contributed by atoms with Crippen LogP contribution >= 0.6 is 0 Å². The maximum absolute atomic E-state index is 10.1. The number of hydrogen-bond acceptors (Lipinski definition) is 7. The molecule has 0 bridgehead atoms. The van der Waals surface area contributed by atoms with Gasteiger partial charge in [-0.2, -0.15) is 10.2 Å². The lowest BCUT2D eigenvalue weighted by Crippen LogP contribution is -1.82. The molecule has 6 N–H and O–H groups in total. The lowest BCUT2D eigenvalue weighted by atomic mass is 10.1. The molecule has 0 aliphatic heterocycles. The molecule has 11 nitrogen and oxygen atoms in total. The van der Waals surface area contributed by atoms with Crippen molar-refractivity contribution in [2.24, 2.45) is 9.98 Å². The zero-order valence-electron chi connectivity index (χ0n) is 25.5. The number of H-pyrrole nitrogens is 4. The molecule has 0 aliphatic carbocycles. The van der Waals surface area contributed by atoms with Crippen LogP contribution in [-0.2, 0) is 0 Å². The SMILES string of the molecule is Cc1cccc2[nH]c(O)c(C=Nc3cc(-c4ccccc4)[nH]n3)c12.Cc1cccc2[nH]c(O)c(C=Nc3cc(-c4ccco4)[nH]n3)c12. The van der Waals surface area contributed by atoms with Crippen LogP contribution in [0.15, 0.2) is 112 Å². The molecular formula is C36H30N8O3. The first kappa shape index (κ1) is 29.1. The van der Waals surface area contributed by atoms with Crippen LogP contribution in [-0.4, -0.2) is 53.0 Å². The third-order valence-corrected chi connectivity index (χ3v) is 7.75. The van der Waals surface area contributed by atoms with Gasteiger partial charge in [-0.15, -0.1) is 0 Å². The molecule has 47 heavy (non-hydrogen) atoms. The van der Waals surface area contributed by atoms with Gasteiger partial charge in [0.15, 0.2) is 29.2 Å². The van der Waals surface area contributed by atoms with Gasteiger partial charge in [-0.25, -0.2) is 9.98 Å². The standard InChI is InChI=1S/C19H16N4O.C17H14N4O2/c1-12-6-5-9-15-18(12)14(19(24)21-15)11-20-17-10-16(22-23-17)13-7-3-2-4-8-13;1-10-4-2-5-12-16(10)11(17(22)19-12)9-18-15-8-13(20-21-15)14-6-3-7-23-14/h2-11,21,24H,1H3,(H,22,23);2-9,19,22H,1H3,(H,20,21). The Morgan fingerprint density at radius 3 is 1.74 bits per heavy atom. The molecule has 0 amide bonds. The van der Waals surface area contributed by atoms with Crippen LogP contribution in [0, 0.1) is 13.8 Å². The van der Waals surface area contributed by atoms with Crippen LogP contribution in [0.5, 0.6) is 11.8 Å². The molecule has 0 fully saturated rings. The highest BCUT2D eigenvalue weighted by atomic mass is 16.3. The van der Waals surface area contributed by atoms with E-state index in [1.807, 2.05) is 98.8 Å². The first-order valence-electron chi connectivity index (χ1n) is 14.8. The van der Waals surface area contributed by atoms with E-state index in [0.717, 1.165) is 49.9 Å². The largest absolute Gasteiger partial charge is 0.494 e. The molecule has 5 aromatic heterocycles. The Balaban J connectivity index is 0.000000150. The van der Waals surface area contributed by atoms with E-state index in [2.05, 4.69) is 40.3 Å². The van der Waals surface area contributed by atoms with Gasteiger partial charge in [-0.1, -0.05) is 54.6 Å². The molecule has 11 heteroatoms. The van der Waals surface area contributed by atoms with Crippen LogP contribution in [0.25, 0.3) is 44.5 Å². The summed E-state index contributed by atoms with van der Waals surface area (Å²) in [5, 5.41) is 36.4. The monoisotopic (exact) mass is 622 g/mol. The first-order valence-corrected chi connectivity index (χ1v) is 14.8. The van der Waals surface area contributed by atoms with Crippen molar-refractivity contribution in [3.8, 4) is 34.5 Å². The topological polar surface area (TPSA) is 167 Å². The number of hydrogen-bond donors (Lipinski definition) is 6. The molecule has 0 spiro atoms. The van der Waals surface area contributed by atoms with Crippen molar-refractivity contribution >= 4 is 45.9 Å². The van der Waals surface area contributed by atoms with Crippen LogP contribution < -0.4 is 0 Å².